The largest absolute Gasteiger partial charge is 0.496 e. The quantitative estimate of drug-likeness (QED) is 0.603. The lowest BCUT2D eigenvalue weighted by atomic mass is 10.1. The molecule has 0 spiro atoms. The number of nitrogens with one attached hydrogen (secondary N) is 1. The minimum absolute atomic E-state index is 0.248. The maximum absolute atomic E-state index is 11.8. The Morgan fingerprint density at radius 3 is 2.59 bits per heavy atom. The Labute approximate surface area is 173 Å². The second kappa shape index (κ2) is 8.28. The molecule has 150 valence electrons. The standard InChI is InChI=1S/C21H21ClN4O3/c1-12(26(2)3)25-17-6-5-13(9-16(17)22)29-19-7-8-24-18-11-20(28-4)15(21(23)27)10-14(18)19/h5-11,25H,1H2,2-4H3,(H2,23,27). The van der Waals surface area contributed by atoms with Gasteiger partial charge in [0, 0.05) is 37.8 Å². The average molecular weight is 413 g/mol. The highest BCUT2D eigenvalue weighted by Gasteiger charge is 2.15. The maximum Gasteiger partial charge on any atom is 0.252 e. The van der Waals surface area contributed by atoms with E-state index in [0.29, 0.717) is 44.7 Å². The molecule has 8 heteroatoms. The number of methoxy groups -OCH3 is 1. The van der Waals surface area contributed by atoms with E-state index in [1.54, 1.807) is 42.6 Å². The van der Waals surface area contributed by atoms with Crippen LogP contribution in [0.4, 0.5) is 5.69 Å². The fourth-order valence-corrected chi connectivity index (χ4v) is 2.87. The molecule has 0 radical (unpaired) electrons. The molecular formula is C21H21ClN4O3. The topological polar surface area (TPSA) is 89.7 Å². The summed E-state index contributed by atoms with van der Waals surface area (Å²) >= 11 is 6.38. The summed E-state index contributed by atoms with van der Waals surface area (Å²) in [5.41, 5.74) is 7.03. The van der Waals surface area contributed by atoms with Crippen LogP contribution in [0.25, 0.3) is 10.9 Å². The molecule has 1 aromatic heterocycles. The Balaban J connectivity index is 1.96. The van der Waals surface area contributed by atoms with E-state index in [-0.39, 0.29) is 5.56 Å². The molecule has 2 aromatic carbocycles. The number of ether oxygens (including phenoxy) is 2. The number of nitrogens with two attached hydrogens (primary N) is 1. The first-order valence-electron chi connectivity index (χ1n) is 8.67. The maximum atomic E-state index is 11.8. The molecule has 0 saturated carbocycles. The first kappa shape index (κ1) is 20.3. The number of carbonyl (C=O) groups excluding carboxylic acids is 1. The number of rotatable bonds is 7. The van der Waals surface area contributed by atoms with Crippen LogP contribution in [-0.2, 0) is 0 Å². The molecular weight excluding hydrogens is 392 g/mol. The third-order valence-electron chi connectivity index (χ3n) is 4.28. The first-order chi connectivity index (χ1) is 13.8. The molecule has 1 heterocycles. The van der Waals surface area contributed by atoms with Crippen LogP contribution < -0.4 is 20.5 Å². The Morgan fingerprint density at radius 1 is 1.21 bits per heavy atom. The summed E-state index contributed by atoms with van der Waals surface area (Å²) < 4.78 is 11.2. The Morgan fingerprint density at radius 2 is 1.97 bits per heavy atom. The lowest BCUT2D eigenvalue weighted by molar-refractivity contribution is 0.0997. The van der Waals surface area contributed by atoms with E-state index >= 15 is 0 Å². The first-order valence-corrected chi connectivity index (χ1v) is 9.05. The highest BCUT2D eigenvalue weighted by molar-refractivity contribution is 6.33. The molecule has 0 saturated heterocycles. The highest BCUT2D eigenvalue weighted by atomic mass is 35.5. The Kier molecular flexibility index (Phi) is 5.79. The number of primary amides is 1. The molecule has 7 nitrogen and oxygen atoms in total. The van der Waals surface area contributed by atoms with E-state index in [0.717, 1.165) is 0 Å². The predicted molar refractivity (Wildman–Crippen MR) is 115 cm³/mol. The van der Waals surface area contributed by atoms with Gasteiger partial charge in [0.15, 0.2) is 0 Å². The van der Waals surface area contributed by atoms with Crippen molar-refractivity contribution in [2.24, 2.45) is 5.73 Å². The molecule has 0 atom stereocenters. The van der Waals surface area contributed by atoms with Crippen molar-refractivity contribution in [3.05, 3.63) is 65.6 Å². The van der Waals surface area contributed by atoms with Crippen molar-refractivity contribution in [2.45, 2.75) is 0 Å². The number of anilines is 1. The van der Waals surface area contributed by atoms with Crippen LogP contribution in [-0.4, -0.2) is 37.0 Å². The van der Waals surface area contributed by atoms with Crippen LogP contribution in [0.3, 0.4) is 0 Å². The number of pyridine rings is 1. The van der Waals surface area contributed by atoms with Crippen LogP contribution >= 0.6 is 11.6 Å². The normalized spacial score (nSPS) is 10.5. The van der Waals surface area contributed by atoms with Crippen molar-refractivity contribution in [3.8, 4) is 17.2 Å². The Hall–Kier alpha value is -3.45. The number of carbonyl (C=O) groups is 1. The number of hydrogen-bond donors (Lipinski definition) is 2. The molecule has 1 amide bonds. The number of benzene rings is 2. The van der Waals surface area contributed by atoms with Gasteiger partial charge < -0.3 is 25.4 Å². The third kappa shape index (κ3) is 4.35. The number of nitrogens with zero attached hydrogens (tertiary/aromatic N) is 2. The van der Waals surface area contributed by atoms with Gasteiger partial charge in [0.2, 0.25) is 0 Å². The number of fused-ring (bicyclic) bond motifs is 1. The fourth-order valence-electron chi connectivity index (χ4n) is 2.65. The summed E-state index contributed by atoms with van der Waals surface area (Å²) in [6.07, 6.45) is 1.61. The Bertz CT molecular complexity index is 1100. The zero-order chi connectivity index (χ0) is 21.1. The number of amides is 1. The van der Waals surface area contributed by atoms with Gasteiger partial charge in [0.1, 0.15) is 17.2 Å². The minimum Gasteiger partial charge on any atom is -0.496 e. The lowest BCUT2D eigenvalue weighted by Gasteiger charge is -2.18. The van der Waals surface area contributed by atoms with Gasteiger partial charge in [-0.25, -0.2) is 0 Å². The molecule has 0 unspecified atom stereocenters. The predicted octanol–water partition coefficient (Wildman–Crippen LogP) is 4.23. The van der Waals surface area contributed by atoms with Crippen LogP contribution in [0.1, 0.15) is 10.4 Å². The van der Waals surface area contributed by atoms with Gasteiger partial charge in [0.05, 0.1) is 34.7 Å². The van der Waals surface area contributed by atoms with Crippen molar-refractivity contribution >= 4 is 34.1 Å². The number of hydrogen-bond acceptors (Lipinski definition) is 6. The summed E-state index contributed by atoms with van der Waals surface area (Å²) in [7, 11) is 5.23. The zero-order valence-electron chi connectivity index (χ0n) is 16.3. The van der Waals surface area contributed by atoms with E-state index in [1.165, 1.54) is 7.11 Å². The molecule has 0 bridgehead atoms. The van der Waals surface area contributed by atoms with E-state index < -0.39 is 5.91 Å². The van der Waals surface area contributed by atoms with Gasteiger partial charge in [0.25, 0.3) is 5.91 Å². The summed E-state index contributed by atoms with van der Waals surface area (Å²) in [5.74, 6) is 1.50. The second-order valence-corrected chi connectivity index (χ2v) is 6.86. The van der Waals surface area contributed by atoms with Gasteiger partial charge in [-0.15, -0.1) is 0 Å². The van der Waals surface area contributed by atoms with Gasteiger partial charge in [-0.3, -0.25) is 9.78 Å². The van der Waals surface area contributed by atoms with Crippen LogP contribution in [0, 0.1) is 0 Å². The van der Waals surface area contributed by atoms with Crippen molar-refractivity contribution in [3.63, 3.8) is 0 Å². The van der Waals surface area contributed by atoms with Crippen LogP contribution in [0.15, 0.2) is 55.0 Å². The zero-order valence-corrected chi connectivity index (χ0v) is 17.1. The van der Waals surface area contributed by atoms with Crippen molar-refractivity contribution in [2.75, 3.05) is 26.5 Å². The molecule has 3 rings (SSSR count). The van der Waals surface area contributed by atoms with E-state index in [4.69, 9.17) is 26.8 Å². The number of aromatic nitrogens is 1. The third-order valence-corrected chi connectivity index (χ3v) is 4.59. The van der Waals surface area contributed by atoms with Gasteiger partial charge in [-0.1, -0.05) is 18.2 Å². The summed E-state index contributed by atoms with van der Waals surface area (Å²) in [5, 5.41) is 4.23. The average Bonchev–Trinajstić information content (AvgIpc) is 2.69. The van der Waals surface area contributed by atoms with Gasteiger partial charge in [-0.05, 0) is 24.3 Å². The smallest absolute Gasteiger partial charge is 0.252 e. The molecule has 0 fully saturated rings. The lowest BCUT2D eigenvalue weighted by Crippen LogP contribution is -2.16. The molecule has 3 aromatic rings. The summed E-state index contributed by atoms with van der Waals surface area (Å²) in [4.78, 5) is 17.9. The van der Waals surface area contributed by atoms with Crippen LogP contribution in [0.5, 0.6) is 17.2 Å². The van der Waals surface area contributed by atoms with E-state index in [2.05, 4.69) is 16.9 Å². The van der Waals surface area contributed by atoms with E-state index in [9.17, 15) is 4.79 Å². The number of halogens is 1. The van der Waals surface area contributed by atoms with E-state index in [1.807, 2.05) is 19.0 Å². The second-order valence-electron chi connectivity index (χ2n) is 6.45. The van der Waals surface area contributed by atoms with Gasteiger partial charge in [-0.2, -0.15) is 0 Å². The fraction of sp³-hybridized carbons (Fsp3) is 0.143. The minimum atomic E-state index is -0.599. The highest BCUT2D eigenvalue weighted by Crippen LogP contribution is 2.35. The summed E-state index contributed by atoms with van der Waals surface area (Å²) in [6.45, 7) is 3.92. The monoisotopic (exact) mass is 412 g/mol. The molecule has 3 N–H and O–H groups in total. The molecule has 0 aliphatic rings. The SMILES string of the molecule is C=C(Nc1ccc(Oc2ccnc3cc(OC)c(C(N)=O)cc23)cc1Cl)N(C)C. The van der Waals surface area contributed by atoms with Crippen molar-refractivity contribution < 1.29 is 14.3 Å². The van der Waals surface area contributed by atoms with Gasteiger partial charge >= 0.3 is 0 Å². The molecule has 0 aliphatic heterocycles. The molecule has 0 aliphatic carbocycles. The molecule has 29 heavy (non-hydrogen) atoms. The van der Waals surface area contributed by atoms with Crippen LogP contribution in [0.2, 0.25) is 5.02 Å². The summed E-state index contributed by atoms with van der Waals surface area (Å²) in [6, 6.07) is 10.2. The van der Waals surface area contributed by atoms with Crippen molar-refractivity contribution in [1.82, 2.24) is 9.88 Å². The van der Waals surface area contributed by atoms with Crippen molar-refractivity contribution in [1.29, 1.82) is 0 Å².